The Morgan fingerprint density at radius 2 is 2.03 bits per heavy atom. The fourth-order valence-electron chi connectivity index (χ4n) is 4.11. The van der Waals surface area contributed by atoms with Crippen molar-refractivity contribution in [2.45, 2.75) is 6.92 Å². The highest BCUT2D eigenvalue weighted by molar-refractivity contribution is 9.10. The molecule has 0 radical (unpaired) electrons. The first kappa shape index (κ1) is 23.7. The van der Waals surface area contributed by atoms with Gasteiger partial charge < -0.3 is 20.4 Å². The van der Waals surface area contributed by atoms with Crippen LogP contribution in [0.1, 0.15) is 12.5 Å². The Balaban J connectivity index is 1.56. The summed E-state index contributed by atoms with van der Waals surface area (Å²) in [4.78, 5) is 16.9. The number of benzene rings is 2. The SMILES string of the molecule is CC[N+]1(CC#CC(=O)Nc2ccc3ncc(C#N)c(Nc4cccc(Br)c4)c3c2)CCNCC1. The van der Waals surface area contributed by atoms with E-state index in [1.165, 1.54) is 0 Å². The van der Waals surface area contributed by atoms with Gasteiger partial charge in [-0.05, 0) is 49.2 Å². The van der Waals surface area contributed by atoms with Crippen molar-refractivity contribution in [3.8, 4) is 17.9 Å². The number of anilines is 3. The molecule has 0 saturated carbocycles. The number of carbonyl (C=O) groups is 1. The molecule has 0 aliphatic carbocycles. The molecule has 2 heterocycles. The van der Waals surface area contributed by atoms with Gasteiger partial charge in [0.15, 0.2) is 0 Å². The molecule has 4 rings (SSSR count). The number of hydrogen-bond acceptors (Lipinski definition) is 5. The molecule has 3 aromatic rings. The summed E-state index contributed by atoms with van der Waals surface area (Å²) < 4.78 is 1.84. The maximum absolute atomic E-state index is 12.5. The van der Waals surface area contributed by atoms with Crippen LogP contribution < -0.4 is 16.0 Å². The molecule has 0 bridgehead atoms. The quantitative estimate of drug-likeness (QED) is 0.351. The minimum Gasteiger partial charge on any atom is -0.354 e. The van der Waals surface area contributed by atoms with E-state index in [0.29, 0.717) is 29.0 Å². The van der Waals surface area contributed by atoms with Gasteiger partial charge in [0.25, 0.3) is 5.91 Å². The average Bonchev–Trinajstić information content (AvgIpc) is 2.85. The predicted octanol–water partition coefficient (Wildman–Crippen LogP) is 3.99. The number of nitriles is 1. The molecule has 1 aliphatic rings. The average molecular weight is 518 g/mol. The fraction of sp³-hybridized carbons (Fsp3) is 0.269. The number of amides is 1. The van der Waals surface area contributed by atoms with E-state index in [0.717, 1.165) is 52.8 Å². The van der Waals surface area contributed by atoms with Crippen LogP contribution in [0, 0.1) is 23.2 Å². The molecule has 3 N–H and O–H groups in total. The van der Waals surface area contributed by atoms with Crippen LogP contribution in [0.15, 0.2) is 53.1 Å². The maximum Gasteiger partial charge on any atom is 0.300 e. The van der Waals surface area contributed by atoms with Crippen molar-refractivity contribution in [3.63, 3.8) is 0 Å². The standard InChI is InChI=1S/C26H25BrN6O/c1-2-33(13-10-29-11-14-33)12-4-7-25(34)31-22-8-9-24-23(16-22)26(19(17-28)18-30-24)32-21-6-3-5-20(27)15-21/h3,5-6,8-9,15-16,18,29H,2,10-14H2,1H3,(H-,30,31,32,34)/p+1. The Labute approximate surface area is 207 Å². The molecule has 1 aliphatic heterocycles. The fourth-order valence-corrected chi connectivity index (χ4v) is 4.50. The van der Waals surface area contributed by atoms with E-state index in [2.05, 4.69) is 61.7 Å². The number of piperazine rings is 1. The molecule has 1 saturated heterocycles. The van der Waals surface area contributed by atoms with E-state index in [1.807, 2.05) is 36.4 Å². The Bertz CT molecular complexity index is 1310. The first-order valence-electron chi connectivity index (χ1n) is 11.2. The lowest BCUT2D eigenvalue weighted by atomic mass is 10.1. The summed E-state index contributed by atoms with van der Waals surface area (Å²) in [6.45, 7) is 7.86. The summed E-state index contributed by atoms with van der Waals surface area (Å²) in [6, 6.07) is 15.3. The molecule has 1 aromatic heterocycles. The van der Waals surface area contributed by atoms with E-state index in [1.54, 1.807) is 12.3 Å². The van der Waals surface area contributed by atoms with Gasteiger partial charge in [0.2, 0.25) is 0 Å². The van der Waals surface area contributed by atoms with Crippen LogP contribution in [0.2, 0.25) is 0 Å². The Morgan fingerprint density at radius 1 is 1.21 bits per heavy atom. The van der Waals surface area contributed by atoms with E-state index in [-0.39, 0.29) is 5.91 Å². The van der Waals surface area contributed by atoms with E-state index in [4.69, 9.17) is 0 Å². The highest BCUT2D eigenvalue weighted by Gasteiger charge is 2.26. The minimum absolute atomic E-state index is 0.352. The number of aromatic nitrogens is 1. The highest BCUT2D eigenvalue weighted by Crippen LogP contribution is 2.31. The van der Waals surface area contributed by atoms with Crippen molar-refractivity contribution in [2.75, 3.05) is 49.9 Å². The molecule has 1 fully saturated rings. The Morgan fingerprint density at radius 3 is 2.76 bits per heavy atom. The Hall–Kier alpha value is -3.43. The summed E-state index contributed by atoms with van der Waals surface area (Å²) in [5, 5.41) is 19.9. The molecular weight excluding hydrogens is 492 g/mol. The number of halogens is 1. The molecular formula is C26H26BrN6O+. The number of likely N-dealkylation sites (N-methyl/N-ethyl adjacent to an activating group) is 1. The van der Waals surface area contributed by atoms with Gasteiger partial charge in [0.05, 0.1) is 36.4 Å². The molecule has 172 valence electrons. The number of pyridine rings is 1. The summed E-state index contributed by atoms with van der Waals surface area (Å²) in [7, 11) is 0. The van der Waals surface area contributed by atoms with Crippen LogP contribution in [0.5, 0.6) is 0 Å². The van der Waals surface area contributed by atoms with Gasteiger partial charge >= 0.3 is 0 Å². The molecule has 2 aromatic carbocycles. The lowest BCUT2D eigenvalue weighted by Crippen LogP contribution is -2.58. The molecule has 0 spiro atoms. The maximum atomic E-state index is 12.5. The monoisotopic (exact) mass is 517 g/mol. The highest BCUT2D eigenvalue weighted by atomic mass is 79.9. The van der Waals surface area contributed by atoms with Gasteiger partial charge in [-0.3, -0.25) is 9.78 Å². The summed E-state index contributed by atoms with van der Waals surface area (Å²) in [5.74, 6) is 5.47. The largest absolute Gasteiger partial charge is 0.354 e. The summed E-state index contributed by atoms with van der Waals surface area (Å²) in [6.07, 6.45) is 1.55. The van der Waals surface area contributed by atoms with Gasteiger partial charge in [-0.15, -0.1) is 0 Å². The summed E-state index contributed by atoms with van der Waals surface area (Å²) >= 11 is 3.47. The number of quaternary nitrogens is 1. The molecule has 0 atom stereocenters. The lowest BCUT2D eigenvalue weighted by Gasteiger charge is -2.39. The van der Waals surface area contributed by atoms with Crippen LogP contribution in [0.25, 0.3) is 10.9 Å². The van der Waals surface area contributed by atoms with Crippen molar-refractivity contribution in [2.24, 2.45) is 0 Å². The van der Waals surface area contributed by atoms with Gasteiger partial charge in [-0.25, -0.2) is 0 Å². The van der Waals surface area contributed by atoms with Crippen molar-refractivity contribution in [3.05, 3.63) is 58.7 Å². The zero-order valence-electron chi connectivity index (χ0n) is 19.0. The number of nitrogens with one attached hydrogen (secondary N) is 3. The van der Waals surface area contributed by atoms with Crippen LogP contribution in [0.4, 0.5) is 17.1 Å². The van der Waals surface area contributed by atoms with Gasteiger partial charge in [0.1, 0.15) is 12.6 Å². The first-order valence-corrected chi connectivity index (χ1v) is 12.0. The first-order chi connectivity index (χ1) is 16.5. The number of carbonyl (C=O) groups excluding carboxylic acids is 1. The zero-order valence-corrected chi connectivity index (χ0v) is 20.6. The zero-order chi connectivity index (χ0) is 24.0. The number of nitrogens with zero attached hydrogens (tertiary/aromatic N) is 3. The molecule has 34 heavy (non-hydrogen) atoms. The van der Waals surface area contributed by atoms with Gasteiger partial charge in [-0.1, -0.05) is 22.0 Å². The number of hydrogen-bond donors (Lipinski definition) is 3. The molecule has 8 heteroatoms. The van der Waals surface area contributed by atoms with Gasteiger partial charge in [0, 0.05) is 46.4 Å². The van der Waals surface area contributed by atoms with E-state index >= 15 is 0 Å². The van der Waals surface area contributed by atoms with Crippen LogP contribution >= 0.6 is 15.9 Å². The van der Waals surface area contributed by atoms with Gasteiger partial charge in [-0.2, -0.15) is 5.26 Å². The second kappa shape index (κ2) is 10.7. The van der Waals surface area contributed by atoms with E-state index < -0.39 is 0 Å². The minimum atomic E-state index is -0.352. The van der Waals surface area contributed by atoms with Crippen LogP contribution in [0.3, 0.4) is 0 Å². The predicted molar refractivity (Wildman–Crippen MR) is 139 cm³/mol. The van der Waals surface area contributed by atoms with Crippen molar-refractivity contribution in [1.29, 1.82) is 5.26 Å². The second-order valence-electron chi connectivity index (χ2n) is 8.30. The third-order valence-electron chi connectivity index (χ3n) is 6.15. The van der Waals surface area contributed by atoms with Crippen LogP contribution in [-0.2, 0) is 4.79 Å². The Kier molecular flexibility index (Phi) is 7.44. The molecule has 1 amide bonds. The van der Waals surface area contributed by atoms with Crippen molar-refractivity contribution < 1.29 is 9.28 Å². The molecule has 0 unspecified atom stereocenters. The number of rotatable bonds is 5. The topological polar surface area (TPSA) is 89.8 Å². The van der Waals surface area contributed by atoms with Crippen molar-refractivity contribution in [1.82, 2.24) is 10.3 Å². The van der Waals surface area contributed by atoms with Crippen molar-refractivity contribution >= 4 is 49.8 Å². The van der Waals surface area contributed by atoms with E-state index in [9.17, 15) is 10.1 Å². The smallest absolute Gasteiger partial charge is 0.300 e. The molecule has 7 nitrogen and oxygen atoms in total. The third-order valence-corrected chi connectivity index (χ3v) is 6.65. The second-order valence-corrected chi connectivity index (χ2v) is 9.21. The summed E-state index contributed by atoms with van der Waals surface area (Å²) in [5.41, 5.74) is 3.21. The normalized spacial score (nSPS) is 14.5. The lowest BCUT2D eigenvalue weighted by molar-refractivity contribution is -0.921. The third kappa shape index (κ3) is 5.55. The van der Waals surface area contributed by atoms with Crippen LogP contribution in [-0.4, -0.2) is 54.6 Å². The number of fused-ring (bicyclic) bond motifs is 1.